The second-order valence-corrected chi connectivity index (χ2v) is 8.87. The Labute approximate surface area is 172 Å². The van der Waals surface area contributed by atoms with Gasteiger partial charge in [-0.2, -0.15) is 0 Å². The van der Waals surface area contributed by atoms with Crippen LogP contribution in [0.2, 0.25) is 5.15 Å². The Balaban J connectivity index is 1.60. The normalized spacial score (nSPS) is 21.4. The van der Waals surface area contributed by atoms with Crippen molar-refractivity contribution in [2.24, 2.45) is 0 Å². The predicted molar refractivity (Wildman–Crippen MR) is 110 cm³/mol. The smallest absolute Gasteiger partial charge is 0.410 e. The molecule has 1 aromatic rings. The molecule has 0 spiro atoms. The molecule has 0 aromatic carbocycles. The van der Waals surface area contributed by atoms with E-state index in [0.717, 1.165) is 63.6 Å². The van der Waals surface area contributed by atoms with E-state index >= 15 is 0 Å². The maximum atomic E-state index is 12.4. The molecule has 2 saturated heterocycles. The van der Waals surface area contributed by atoms with Crippen molar-refractivity contribution >= 4 is 23.5 Å². The zero-order valence-corrected chi connectivity index (χ0v) is 17.8. The van der Waals surface area contributed by atoms with Gasteiger partial charge in [-0.3, -0.25) is 4.90 Å². The molecule has 0 bridgehead atoms. The highest BCUT2D eigenvalue weighted by atomic mass is 35.5. The summed E-state index contributed by atoms with van der Waals surface area (Å²) in [4.78, 5) is 20.9. The van der Waals surface area contributed by atoms with E-state index in [1.165, 1.54) is 0 Å². The van der Waals surface area contributed by atoms with E-state index in [0.29, 0.717) is 11.7 Å². The van der Waals surface area contributed by atoms with E-state index in [-0.39, 0.29) is 12.1 Å². The van der Waals surface area contributed by atoms with Gasteiger partial charge in [0.1, 0.15) is 16.6 Å². The zero-order chi connectivity index (χ0) is 20.1. The quantitative estimate of drug-likeness (QED) is 0.767. The summed E-state index contributed by atoms with van der Waals surface area (Å²) >= 11 is 6.26. The minimum atomic E-state index is -0.486. The van der Waals surface area contributed by atoms with Crippen molar-refractivity contribution in [1.82, 2.24) is 14.8 Å². The highest BCUT2D eigenvalue weighted by Gasteiger charge is 2.27. The summed E-state index contributed by atoms with van der Waals surface area (Å²) in [6.45, 7) is 11.2. The predicted octanol–water partition coefficient (Wildman–Crippen LogP) is 3.38. The van der Waals surface area contributed by atoms with Gasteiger partial charge in [-0.05, 0) is 51.3 Å². The molecule has 0 aliphatic carbocycles. The van der Waals surface area contributed by atoms with Crippen LogP contribution < -0.4 is 5.32 Å². The van der Waals surface area contributed by atoms with Crippen molar-refractivity contribution in [3.8, 4) is 0 Å². The molecule has 8 heteroatoms. The third-order valence-corrected chi connectivity index (χ3v) is 4.98. The van der Waals surface area contributed by atoms with Crippen molar-refractivity contribution in [3.05, 3.63) is 22.8 Å². The molecule has 7 nitrogen and oxygen atoms in total. The van der Waals surface area contributed by atoms with Gasteiger partial charge >= 0.3 is 6.09 Å². The monoisotopic (exact) mass is 410 g/mol. The van der Waals surface area contributed by atoms with Crippen LogP contribution in [0.25, 0.3) is 0 Å². The number of hydrogen-bond acceptors (Lipinski definition) is 6. The van der Waals surface area contributed by atoms with Gasteiger partial charge in [0.15, 0.2) is 0 Å². The number of amides is 1. The fourth-order valence-electron chi connectivity index (χ4n) is 3.53. The van der Waals surface area contributed by atoms with Crippen LogP contribution in [0.4, 0.5) is 10.6 Å². The lowest BCUT2D eigenvalue weighted by atomic mass is 10.1. The number of nitrogens with zero attached hydrogens (tertiary/aromatic N) is 3. The highest BCUT2D eigenvalue weighted by molar-refractivity contribution is 6.29. The fraction of sp³-hybridized carbons (Fsp3) is 0.700. The molecule has 3 rings (SSSR count). The van der Waals surface area contributed by atoms with Crippen molar-refractivity contribution in [3.63, 3.8) is 0 Å². The van der Waals surface area contributed by atoms with Crippen LogP contribution in [-0.2, 0) is 16.0 Å². The highest BCUT2D eigenvalue weighted by Crippen LogP contribution is 2.21. The Hall–Kier alpha value is -1.57. The van der Waals surface area contributed by atoms with Crippen molar-refractivity contribution in [2.75, 3.05) is 44.7 Å². The Bertz CT molecular complexity index is 674. The maximum absolute atomic E-state index is 12.4. The van der Waals surface area contributed by atoms with Crippen molar-refractivity contribution in [1.29, 1.82) is 0 Å². The van der Waals surface area contributed by atoms with Crippen LogP contribution >= 0.6 is 11.6 Å². The number of carbonyl (C=O) groups is 1. The van der Waals surface area contributed by atoms with Gasteiger partial charge in [-0.15, -0.1) is 0 Å². The average molecular weight is 411 g/mol. The standard InChI is InChI=1S/C20H31ClN4O3/c1-20(2,3)28-19(26)25-6-4-5-16(14-25)22-18-12-15(11-17(21)23-18)13-24-7-9-27-10-8-24/h11-12,16H,4-10,13-14H2,1-3H3,(H,22,23). The molecular weight excluding hydrogens is 380 g/mol. The molecule has 2 aliphatic rings. The number of aromatic nitrogens is 1. The summed E-state index contributed by atoms with van der Waals surface area (Å²) < 4.78 is 10.9. The lowest BCUT2D eigenvalue weighted by molar-refractivity contribution is 0.0206. The van der Waals surface area contributed by atoms with Crippen LogP contribution in [0.1, 0.15) is 39.2 Å². The van der Waals surface area contributed by atoms with Crippen LogP contribution in [-0.4, -0.2) is 71.9 Å². The minimum absolute atomic E-state index is 0.128. The van der Waals surface area contributed by atoms with E-state index in [9.17, 15) is 4.79 Å². The molecule has 1 unspecified atom stereocenters. The first kappa shape index (κ1) is 21.1. The molecule has 0 saturated carbocycles. The van der Waals surface area contributed by atoms with Crippen LogP contribution in [0.3, 0.4) is 0 Å². The topological polar surface area (TPSA) is 66.9 Å². The van der Waals surface area contributed by atoms with Gasteiger partial charge < -0.3 is 19.7 Å². The summed E-state index contributed by atoms with van der Waals surface area (Å²) in [5, 5.41) is 3.94. The van der Waals surface area contributed by atoms with E-state index in [4.69, 9.17) is 21.1 Å². The number of piperidine rings is 1. The Morgan fingerprint density at radius 3 is 2.79 bits per heavy atom. The summed E-state index contributed by atoms with van der Waals surface area (Å²) in [5.74, 6) is 0.756. The Morgan fingerprint density at radius 2 is 2.07 bits per heavy atom. The summed E-state index contributed by atoms with van der Waals surface area (Å²) in [7, 11) is 0. The molecule has 0 radical (unpaired) electrons. The maximum Gasteiger partial charge on any atom is 0.410 e. The molecule has 28 heavy (non-hydrogen) atoms. The fourth-order valence-corrected chi connectivity index (χ4v) is 3.76. The van der Waals surface area contributed by atoms with Gasteiger partial charge in [0, 0.05) is 38.8 Å². The van der Waals surface area contributed by atoms with E-state index in [1.807, 2.05) is 32.9 Å². The number of rotatable bonds is 4. The third-order valence-electron chi connectivity index (χ3n) is 4.79. The van der Waals surface area contributed by atoms with Gasteiger partial charge in [0.2, 0.25) is 0 Å². The molecule has 2 fully saturated rings. The third kappa shape index (κ3) is 6.50. The number of ether oxygens (including phenoxy) is 2. The average Bonchev–Trinajstić information content (AvgIpc) is 2.61. The second-order valence-electron chi connectivity index (χ2n) is 8.48. The van der Waals surface area contributed by atoms with E-state index in [1.54, 1.807) is 4.90 Å². The van der Waals surface area contributed by atoms with Gasteiger partial charge in [-0.1, -0.05) is 11.6 Å². The van der Waals surface area contributed by atoms with Crippen LogP contribution in [0.15, 0.2) is 12.1 Å². The molecule has 1 N–H and O–H groups in total. The molecule has 1 aromatic heterocycles. The van der Waals surface area contributed by atoms with E-state index in [2.05, 4.69) is 15.2 Å². The summed E-state index contributed by atoms with van der Waals surface area (Å²) in [6.07, 6.45) is 1.65. The van der Waals surface area contributed by atoms with Gasteiger partial charge in [-0.25, -0.2) is 9.78 Å². The molecule has 156 valence electrons. The SMILES string of the molecule is CC(C)(C)OC(=O)N1CCCC(Nc2cc(CN3CCOCC3)cc(Cl)n2)C1. The second kappa shape index (κ2) is 9.29. The summed E-state index contributed by atoms with van der Waals surface area (Å²) in [6, 6.07) is 4.09. The molecule has 2 aliphatic heterocycles. The lowest BCUT2D eigenvalue weighted by Gasteiger charge is -2.34. The number of nitrogens with one attached hydrogen (secondary N) is 1. The van der Waals surface area contributed by atoms with Gasteiger partial charge in [0.05, 0.1) is 13.2 Å². The van der Waals surface area contributed by atoms with Crippen LogP contribution in [0.5, 0.6) is 0 Å². The number of pyridine rings is 1. The first-order valence-corrected chi connectivity index (χ1v) is 10.4. The molecular formula is C20H31ClN4O3. The molecule has 3 heterocycles. The minimum Gasteiger partial charge on any atom is -0.444 e. The van der Waals surface area contributed by atoms with Crippen LogP contribution in [0, 0.1) is 0 Å². The van der Waals surface area contributed by atoms with Crippen molar-refractivity contribution in [2.45, 2.75) is 51.8 Å². The largest absolute Gasteiger partial charge is 0.444 e. The number of hydrogen-bond donors (Lipinski definition) is 1. The molecule has 1 amide bonds. The number of morpholine rings is 1. The Morgan fingerprint density at radius 1 is 1.32 bits per heavy atom. The number of carbonyl (C=O) groups excluding carboxylic acids is 1. The summed E-state index contributed by atoms with van der Waals surface area (Å²) in [5.41, 5.74) is 0.643. The molecule has 1 atom stereocenters. The van der Waals surface area contributed by atoms with E-state index < -0.39 is 5.60 Å². The number of halogens is 1. The first-order valence-electron chi connectivity index (χ1n) is 9.99. The Kier molecular flexibility index (Phi) is 7.01. The lowest BCUT2D eigenvalue weighted by Crippen LogP contribution is -2.47. The van der Waals surface area contributed by atoms with Gasteiger partial charge in [0.25, 0.3) is 0 Å². The number of likely N-dealkylation sites (tertiary alicyclic amines) is 1. The zero-order valence-electron chi connectivity index (χ0n) is 17.0. The van der Waals surface area contributed by atoms with Crippen molar-refractivity contribution < 1.29 is 14.3 Å². The first-order chi connectivity index (χ1) is 13.3. The number of anilines is 1.